The number of hydrogen-bond acceptors (Lipinski definition) is 1. The van der Waals surface area contributed by atoms with Crippen LogP contribution in [0.1, 0.15) is 26.3 Å². The lowest BCUT2D eigenvalue weighted by atomic mass is 9.86. The highest BCUT2D eigenvalue weighted by Crippen LogP contribution is 2.28. The van der Waals surface area contributed by atoms with E-state index in [1.807, 2.05) is 6.07 Å². The van der Waals surface area contributed by atoms with Gasteiger partial charge in [0.25, 0.3) is 0 Å². The van der Waals surface area contributed by atoms with Crippen LogP contribution < -0.4 is 0 Å². The molecule has 0 saturated carbocycles. The van der Waals surface area contributed by atoms with Crippen LogP contribution in [0.25, 0.3) is 0 Å². The molecule has 0 heterocycles. The SMILES string of the molecule is CC(C)(C)c1[c]cccc1O. The van der Waals surface area contributed by atoms with Gasteiger partial charge in [0, 0.05) is 5.56 Å². The normalized spacial score (nSPS) is 11.5. The minimum Gasteiger partial charge on any atom is -0.508 e. The molecule has 1 radical (unpaired) electrons. The van der Waals surface area contributed by atoms with Gasteiger partial charge in [0.2, 0.25) is 0 Å². The van der Waals surface area contributed by atoms with Gasteiger partial charge in [-0.2, -0.15) is 0 Å². The first kappa shape index (κ1) is 8.12. The number of benzene rings is 1. The van der Waals surface area contributed by atoms with Crippen molar-refractivity contribution in [3.8, 4) is 5.75 Å². The standard InChI is InChI=1S/C10H13O/c1-10(2,3)8-6-4-5-7-9(8)11/h4-5,7,11H,1-3H3. The minimum absolute atomic E-state index is 0.0225. The second kappa shape index (κ2) is 2.57. The van der Waals surface area contributed by atoms with E-state index >= 15 is 0 Å². The fourth-order valence-electron chi connectivity index (χ4n) is 1.03. The van der Waals surface area contributed by atoms with Crippen molar-refractivity contribution in [2.75, 3.05) is 0 Å². The summed E-state index contributed by atoms with van der Waals surface area (Å²) in [5.41, 5.74) is 0.853. The van der Waals surface area contributed by atoms with Crippen molar-refractivity contribution in [3.63, 3.8) is 0 Å². The zero-order valence-corrected chi connectivity index (χ0v) is 7.18. The van der Waals surface area contributed by atoms with E-state index in [1.165, 1.54) is 0 Å². The molecule has 1 nitrogen and oxygen atoms in total. The molecule has 11 heavy (non-hydrogen) atoms. The predicted molar refractivity (Wildman–Crippen MR) is 45.6 cm³/mol. The third kappa shape index (κ3) is 1.73. The first-order valence-corrected chi connectivity index (χ1v) is 3.72. The number of phenolic OH excluding ortho intramolecular Hbond substituents is 1. The Morgan fingerprint density at radius 1 is 1.36 bits per heavy atom. The van der Waals surface area contributed by atoms with Crippen LogP contribution in [0.2, 0.25) is 0 Å². The minimum atomic E-state index is -0.0225. The van der Waals surface area contributed by atoms with Gasteiger partial charge < -0.3 is 5.11 Å². The van der Waals surface area contributed by atoms with E-state index in [4.69, 9.17) is 0 Å². The van der Waals surface area contributed by atoms with Crippen LogP contribution in [0, 0.1) is 6.07 Å². The van der Waals surface area contributed by atoms with Gasteiger partial charge in [-0.3, -0.25) is 0 Å². The molecule has 1 heteroatoms. The molecule has 1 aromatic rings. The Morgan fingerprint density at radius 3 is 2.36 bits per heavy atom. The number of rotatable bonds is 0. The Kier molecular flexibility index (Phi) is 1.90. The van der Waals surface area contributed by atoms with E-state index in [9.17, 15) is 5.11 Å². The van der Waals surface area contributed by atoms with Crippen LogP contribution in [-0.4, -0.2) is 5.11 Å². The highest BCUT2D eigenvalue weighted by atomic mass is 16.3. The molecule has 0 bridgehead atoms. The van der Waals surface area contributed by atoms with Crippen molar-refractivity contribution in [1.82, 2.24) is 0 Å². The number of hydrogen-bond donors (Lipinski definition) is 1. The van der Waals surface area contributed by atoms with Gasteiger partial charge in [-0.1, -0.05) is 32.9 Å². The predicted octanol–water partition coefficient (Wildman–Crippen LogP) is 2.49. The summed E-state index contributed by atoms with van der Waals surface area (Å²) in [5.74, 6) is 0.333. The topological polar surface area (TPSA) is 20.2 Å². The van der Waals surface area contributed by atoms with Crippen molar-refractivity contribution in [2.24, 2.45) is 0 Å². The van der Waals surface area contributed by atoms with Crippen LogP contribution in [0.3, 0.4) is 0 Å². The van der Waals surface area contributed by atoms with Crippen molar-refractivity contribution in [2.45, 2.75) is 26.2 Å². The zero-order valence-electron chi connectivity index (χ0n) is 7.18. The smallest absolute Gasteiger partial charge is 0.119 e. The number of phenols is 1. The zero-order chi connectivity index (χ0) is 8.48. The highest BCUT2D eigenvalue weighted by Gasteiger charge is 2.16. The molecule has 1 N–H and O–H groups in total. The van der Waals surface area contributed by atoms with E-state index in [-0.39, 0.29) is 5.41 Å². The van der Waals surface area contributed by atoms with Crippen molar-refractivity contribution >= 4 is 0 Å². The summed E-state index contributed by atoms with van der Waals surface area (Å²) in [6, 6.07) is 8.32. The highest BCUT2D eigenvalue weighted by molar-refractivity contribution is 5.35. The first-order chi connectivity index (χ1) is 5.02. The van der Waals surface area contributed by atoms with Gasteiger partial charge in [0.05, 0.1) is 0 Å². The van der Waals surface area contributed by atoms with Crippen LogP contribution in [-0.2, 0) is 5.41 Å². The molecule has 0 aromatic heterocycles. The maximum atomic E-state index is 9.41. The maximum absolute atomic E-state index is 9.41. The summed E-state index contributed by atoms with van der Waals surface area (Å²) in [6.07, 6.45) is 0. The summed E-state index contributed by atoms with van der Waals surface area (Å²) >= 11 is 0. The Bertz CT molecular complexity index is 245. The van der Waals surface area contributed by atoms with E-state index in [0.717, 1.165) is 5.56 Å². The third-order valence-electron chi connectivity index (χ3n) is 1.58. The summed E-state index contributed by atoms with van der Waals surface area (Å²) in [4.78, 5) is 0. The van der Waals surface area contributed by atoms with Gasteiger partial charge in [-0.15, -0.1) is 0 Å². The number of aromatic hydroxyl groups is 1. The Hall–Kier alpha value is -0.980. The van der Waals surface area contributed by atoms with Crippen molar-refractivity contribution in [1.29, 1.82) is 0 Å². The fraction of sp³-hybridized carbons (Fsp3) is 0.400. The lowest BCUT2D eigenvalue weighted by Gasteiger charge is -2.19. The molecule has 0 spiro atoms. The molecule has 0 unspecified atom stereocenters. The quantitative estimate of drug-likeness (QED) is 0.600. The van der Waals surface area contributed by atoms with Crippen LogP contribution in [0.4, 0.5) is 0 Å². The molecular weight excluding hydrogens is 136 g/mol. The lowest BCUT2D eigenvalue weighted by Crippen LogP contribution is -2.10. The molecule has 59 valence electrons. The molecule has 1 rings (SSSR count). The molecule has 0 aliphatic carbocycles. The van der Waals surface area contributed by atoms with Crippen molar-refractivity contribution < 1.29 is 5.11 Å². The first-order valence-electron chi connectivity index (χ1n) is 3.72. The monoisotopic (exact) mass is 149 g/mol. The second-order valence-corrected chi connectivity index (χ2v) is 3.68. The van der Waals surface area contributed by atoms with Crippen molar-refractivity contribution in [3.05, 3.63) is 29.8 Å². The molecule has 0 aliphatic rings. The molecule has 0 aliphatic heterocycles. The second-order valence-electron chi connectivity index (χ2n) is 3.68. The average molecular weight is 149 g/mol. The maximum Gasteiger partial charge on any atom is 0.119 e. The Morgan fingerprint density at radius 2 is 2.00 bits per heavy atom. The van der Waals surface area contributed by atoms with Crippen LogP contribution in [0.15, 0.2) is 18.2 Å². The van der Waals surface area contributed by atoms with Gasteiger partial charge >= 0.3 is 0 Å². The van der Waals surface area contributed by atoms with E-state index in [0.29, 0.717) is 5.75 Å². The third-order valence-corrected chi connectivity index (χ3v) is 1.58. The Labute approximate surface area is 67.7 Å². The van der Waals surface area contributed by atoms with Crippen LogP contribution in [0.5, 0.6) is 5.75 Å². The van der Waals surface area contributed by atoms with Gasteiger partial charge in [0.15, 0.2) is 0 Å². The molecule has 0 atom stereocenters. The van der Waals surface area contributed by atoms with Gasteiger partial charge in [-0.25, -0.2) is 0 Å². The summed E-state index contributed by atoms with van der Waals surface area (Å²) in [6.45, 7) is 6.16. The molecule has 0 amide bonds. The fourth-order valence-corrected chi connectivity index (χ4v) is 1.03. The largest absolute Gasteiger partial charge is 0.508 e. The molecule has 0 saturated heterocycles. The van der Waals surface area contributed by atoms with E-state index < -0.39 is 0 Å². The Balaban J connectivity index is 3.14. The van der Waals surface area contributed by atoms with E-state index in [1.54, 1.807) is 12.1 Å². The summed E-state index contributed by atoms with van der Waals surface area (Å²) < 4.78 is 0. The van der Waals surface area contributed by atoms with E-state index in [2.05, 4.69) is 26.8 Å². The summed E-state index contributed by atoms with van der Waals surface area (Å²) in [5, 5.41) is 9.41. The molecule has 0 fully saturated rings. The van der Waals surface area contributed by atoms with Gasteiger partial charge in [0.1, 0.15) is 5.75 Å². The van der Waals surface area contributed by atoms with Gasteiger partial charge in [-0.05, 0) is 17.5 Å². The summed E-state index contributed by atoms with van der Waals surface area (Å²) in [7, 11) is 0. The van der Waals surface area contributed by atoms with Crippen LogP contribution >= 0.6 is 0 Å². The molecule has 1 aromatic carbocycles. The average Bonchev–Trinajstić information content (AvgIpc) is 1.86. The lowest BCUT2D eigenvalue weighted by molar-refractivity contribution is 0.446. The molecular formula is C10H13O.